The van der Waals surface area contributed by atoms with Crippen LogP contribution < -0.4 is 0 Å². The number of hydrogen-bond donors (Lipinski definition) is 0. The molecule has 196 valence electrons. The Bertz CT molecular complexity index is 1570. The third kappa shape index (κ3) is 4.78. The van der Waals surface area contributed by atoms with Crippen molar-refractivity contribution in [3.8, 4) is 11.3 Å². The highest BCUT2D eigenvalue weighted by atomic mass is 19.4. The number of halogens is 4. The average molecular weight is 525 g/mol. The number of rotatable bonds is 5. The van der Waals surface area contributed by atoms with Crippen LogP contribution in [0.15, 0.2) is 36.7 Å². The quantitative estimate of drug-likeness (QED) is 0.298. The third-order valence-electron chi connectivity index (χ3n) is 6.93. The molecule has 7 nitrogen and oxygen atoms in total. The second-order valence-electron chi connectivity index (χ2n) is 9.83. The Morgan fingerprint density at radius 2 is 1.84 bits per heavy atom. The smallest absolute Gasteiger partial charge is 0.369 e. The van der Waals surface area contributed by atoms with Gasteiger partial charge >= 0.3 is 6.18 Å². The summed E-state index contributed by atoms with van der Waals surface area (Å²) >= 11 is 0. The summed E-state index contributed by atoms with van der Waals surface area (Å²) in [5, 5.41) is 4.45. The minimum absolute atomic E-state index is 0.0908. The standard InChI is InChI=1S/C27H24F4N6O/c1-14-15(2)34-26-24(33-14)23(20-6-5-19(10-21(20)28)27(29,30)31)35-25(36-26)17-7-8-38-22(9-17)18-11-32-37(13-18)12-16-3-4-16/h5-6,9-11,13,16,22H,3-4,7-8,12H2,1-2H3. The van der Waals surface area contributed by atoms with E-state index in [9.17, 15) is 13.2 Å². The Morgan fingerprint density at radius 3 is 2.58 bits per heavy atom. The summed E-state index contributed by atoms with van der Waals surface area (Å²) in [4.78, 5) is 18.3. The van der Waals surface area contributed by atoms with Crippen LogP contribution in [0.5, 0.6) is 0 Å². The van der Waals surface area contributed by atoms with Gasteiger partial charge in [0, 0.05) is 23.9 Å². The molecular weight excluding hydrogens is 500 g/mol. The van der Waals surface area contributed by atoms with Gasteiger partial charge in [-0.3, -0.25) is 4.68 Å². The largest absolute Gasteiger partial charge is 0.416 e. The van der Waals surface area contributed by atoms with Gasteiger partial charge in [-0.25, -0.2) is 24.3 Å². The number of alkyl halides is 3. The summed E-state index contributed by atoms with van der Waals surface area (Å²) in [7, 11) is 0. The maximum absolute atomic E-state index is 15.1. The minimum atomic E-state index is -4.67. The van der Waals surface area contributed by atoms with E-state index in [0.717, 1.165) is 29.8 Å². The van der Waals surface area contributed by atoms with Crippen LogP contribution in [-0.2, 0) is 17.5 Å². The maximum atomic E-state index is 15.1. The fourth-order valence-electron chi connectivity index (χ4n) is 4.51. The molecule has 2 aliphatic rings. The summed E-state index contributed by atoms with van der Waals surface area (Å²) in [6, 6.07) is 2.39. The van der Waals surface area contributed by atoms with Gasteiger partial charge in [-0.15, -0.1) is 0 Å². The van der Waals surface area contributed by atoms with Gasteiger partial charge in [0.25, 0.3) is 0 Å². The number of aryl methyl sites for hydroxylation is 2. The zero-order chi connectivity index (χ0) is 26.6. The van der Waals surface area contributed by atoms with Crippen molar-refractivity contribution in [3.63, 3.8) is 0 Å². The number of ether oxygens (including phenoxy) is 1. The van der Waals surface area contributed by atoms with E-state index in [1.165, 1.54) is 12.8 Å². The minimum Gasteiger partial charge on any atom is -0.369 e. The van der Waals surface area contributed by atoms with Crippen LogP contribution in [0.3, 0.4) is 0 Å². The van der Waals surface area contributed by atoms with Gasteiger partial charge in [-0.05, 0) is 68.9 Å². The highest BCUT2D eigenvalue weighted by molar-refractivity contribution is 5.88. The summed E-state index contributed by atoms with van der Waals surface area (Å²) in [6.07, 6.45) is 3.60. The van der Waals surface area contributed by atoms with Gasteiger partial charge in [0.2, 0.25) is 0 Å². The molecule has 3 aromatic heterocycles. The van der Waals surface area contributed by atoms with Crippen LogP contribution in [0.25, 0.3) is 28.0 Å². The monoisotopic (exact) mass is 524 g/mol. The van der Waals surface area contributed by atoms with Crippen molar-refractivity contribution in [2.45, 2.75) is 51.9 Å². The van der Waals surface area contributed by atoms with Gasteiger partial charge in [0.05, 0.1) is 29.8 Å². The lowest BCUT2D eigenvalue weighted by Crippen LogP contribution is -2.12. The van der Waals surface area contributed by atoms with E-state index in [-0.39, 0.29) is 28.5 Å². The third-order valence-corrected chi connectivity index (χ3v) is 6.93. The first-order chi connectivity index (χ1) is 18.2. The van der Waals surface area contributed by atoms with Crippen molar-refractivity contribution in [1.82, 2.24) is 29.7 Å². The predicted octanol–water partition coefficient (Wildman–Crippen LogP) is 6.01. The van der Waals surface area contributed by atoms with E-state index in [0.29, 0.717) is 42.2 Å². The van der Waals surface area contributed by atoms with E-state index < -0.39 is 17.6 Å². The summed E-state index contributed by atoms with van der Waals surface area (Å²) < 4.78 is 62.5. The topological polar surface area (TPSA) is 78.6 Å². The van der Waals surface area contributed by atoms with E-state index >= 15 is 4.39 Å². The molecule has 6 rings (SSSR count). The zero-order valence-electron chi connectivity index (χ0n) is 20.8. The summed E-state index contributed by atoms with van der Waals surface area (Å²) in [6.45, 7) is 4.83. The van der Waals surface area contributed by atoms with Crippen LogP contribution in [0, 0.1) is 25.6 Å². The molecule has 0 saturated heterocycles. The Morgan fingerprint density at radius 1 is 1.05 bits per heavy atom. The molecule has 1 fully saturated rings. The number of benzene rings is 1. The molecule has 1 unspecified atom stereocenters. The van der Waals surface area contributed by atoms with Gasteiger partial charge in [-0.2, -0.15) is 18.3 Å². The molecule has 0 radical (unpaired) electrons. The van der Waals surface area contributed by atoms with E-state index in [1.807, 2.05) is 17.0 Å². The van der Waals surface area contributed by atoms with Gasteiger partial charge in [0.1, 0.15) is 23.1 Å². The molecule has 4 heterocycles. The molecule has 0 spiro atoms. The van der Waals surface area contributed by atoms with Crippen molar-refractivity contribution < 1.29 is 22.3 Å². The van der Waals surface area contributed by atoms with Crippen LogP contribution in [0.2, 0.25) is 0 Å². The Hall–Kier alpha value is -3.73. The molecule has 1 atom stereocenters. The molecule has 1 saturated carbocycles. The van der Waals surface area contributed by atoms with Crippen molar-refractivity contribution in [1.29, 1.82) is 0 Å². The van der Waals surface area contributed by atoms with Crippen LogP contribution in [0.4, 0.5) is 17.6 Å². The van der Waals surface area contributed by atoms with Crippen molar-refractivity contribution in [2.75, 3.05) is 6.61 Å². The number of nitrogens with zero attached hydrogens (tertiary/aromatic N) is 6. The van der Waals surface area contributed by atoms with Crippen LogP contribution in [-0.4, -0.2) is 36.3 Å². The summed E-state index contributed by atoms with van der Waals surface area (Å²) in [5.74, 6) is -0.0555. The first kappa shape index (κ1) is 24.6. The second-order valence-corrected chi connectivity index (χ2v) is 9.83. The lowest BCUT2D eigenvalue weighted by molar-refractivity contribution is -0.137. The molecule has 1 aliphatic heterocycles. The first-order valence-electron chi connectivity index (χ1n) is 12.4. The van der Waals surface area contributed by atoms with Crippen molar-refractivity contribution in [2.24, 2.45) is 5.92 Å². The molecule has 1 aromatic carbocycles. The molecule has 0 N–H and O–H groups in total. The average Bonchev–Trinajstić information content (AvgIpc) is 3.57. The molecule has 0 amide bonds. The second kappa shape index (κ2) is 9.23. The lowest BCUT2D eigenvalue weighted by atomic mass is 10.0. The predicted molar refractivity (Wildman–Crippen MR) is 131 cm³/mol. The molecular formula is C27H24F4N6O. The lowest BCUT2D eigenvalue weighted by Gasteiger charge is -2.21. The molecule has 0 bridgehead atoms. The van der Waals surface area contributed by atoms with Gasteiger partial charge in [-0.1, -0.05) is 0 Å². The fraction of sp³-hybridized carbons (Fsp3) is 0.370. The van der Waals surface area contributed by atoms with Crippen LogP contribution >= 0.6 is 0 Å². The Balaban J connectivity index is 1.44. The Labute approximate surface area is 215 Å². The zero-order valence-corrected chi connectivity index (χ0v) is 20.8. The van der Waals surface area contributed by atoms with E-state index in [4.69, 9.17) is 4.74 Å². The normalized spacial score (nSPS) is 18.2. The van der Waals surface area contributed by atoms with E-state index in [1.54, 1.807) is 20.0 Å². The van der Waals surface area contributed by atoms with Crippen LogP contribution in [0.1, 0.15) is 53.7 Å². The number of aromatic nitrogens is 6. The SMILES string of the molecule is Cc1nc2nc(C3=CC(c4cnn(CC5CC5)c4)OCC3)nc(-c3ccc(C(F)(F)F)cc3F)c2nc1C. The van der Waals surface area contributed by atoms with Crippen molar-refractivity contribution >= 4 is 16.7 Å². The highest BCUT2D eigenvalue weighted by Gasteiger charge is 2.32. The van der Waals surface area contributed by atoms with Crippen molar-refractivity contribution in [3.05, 3.63) is 70.8 Å². The molecule has 11 heteroatoms. The van der Waals surface area contributed by atoms with Gasteiger partial charge < -0.3 is 4.74 Å². The Kier molecular flexibility index (Phi) is 5.97. The molecule has 1 aliphatic carbocycles. The number of hydrogen-bond acceptors (Lipinski definition) is 6. The van der Waals surface area contributed by atoms with Gasteiger partial charge in [0.15, 0.2) is 11.5 Å². The maximum Gasteiger partial charge on any atom is 0.416 e. The number of fused-ring (bicyclic) bond motifs is 1. The first-order valence-corrected chi connectivity index (χ1v) is 12.4. The highest BCUT2D eigenvalue weighted by Crippen LogP contribution is 2.36. The molecule has 4 aromatic rings. The molecule has 38 heavy (non-hydrogen) atoms. The summed E-state index contributed by atoms with van der Waals surface area (Å²) in [5.41, 5.74) is 2.29. The van der Waals surface area contributed by atoms with E-state index in [2.05, 4.69) is 25.0 Å². The fourth-order valence-corrected chi connectivity index (χ4v) is 4.51.